The smallest absolute Gasteiger partial charge is 0.407 e. The van der Waals surface area contributed by atoms with Crippen LogP contribution in [0, 0.1) is 5.92 Å². The number of fused-ring (bicyclic) bond motifs is 2. The van der Waals surface area contributed by atoms with Crippen molar-refractivity contribution in [3.8, 4) is 33.6 Å². The number of aromatic nitrogens is 4. The second-order valence-electron chi connectivity index (χ2n) is 17.2. The van der Waals surface area contributed by atoms with Crippen molar-refractivity contribution < 1.29 is 28.7 Å². The van der Waals surface area contributed by atoms with Crippen LogP contribution in [-0.4, -0.2) is 92.6 Å². The lowest BCUT2D eigenvalue weighted by Crippen LogP contribution is -2.60. The number of hydrogen-bond donors (Lipinski definition) is 4. The van der Waals surface area contributed by atoms with Crippen LogP contribution >= 0.6 is 0 Å². The van der Waals surface area contributed by atoms with E-state index in [1.807, 2.05) is 60.3 Å². The van der Waals surface area contributed by atoms with Crippen molar-refractivity contribution >= 4 is 34.8 Å². The van der Waals surface area contributed by atoms with Crippen LogP contribution in [0.1, 0.15) is 74.4 Å². The fourth-order valence-electron chi connectivity index (χ4n) is 9.66. The summed E-state index contributed by atoms with van der Waals surface area (Å²) in [6, 6.07) is 27.9. The van der Waals surface area contributed by atoms with Crippen molar-refractivity contribution in [1.29, 1.82) is 0 Å². The zero-order valence-electron chi connectivity index (χ0n) is 35.9. The summed E-state index contributed by atoms with van der Waals surface area (Å²) in [4.78, 5) is 72.8. The third-order valence-corrected chi connectivity index (χ3v) is 13.0. The Morgan fingerprint density at radius 3 is 1.81 bits per heavy atom. The third-order valence-electron chi connectivity index (χ3n) is 13.0. The Bertz CT molecular complexity index is 2660. The van der Waals surface area contributed by atoms with E-state index in [9.17, 15) is 19.2 Å². The number of nitrogens with zero attached hydrogens (tertiary/aromatic N) is 4. The normalized spacial score (nSPS) is 18.4. The van der Waals surface area contributed by atoms with Gasteiger partial charge in [0, 0.05) is 31.5 Å². The van der Waals surface area contributed by atoms with E-state index in [1.165, 1.54) is 14.2 Å². The highest BCUT2D eigenvalue weighted by Gasteiger charge is 2.50. The molecule has 3 unspecified atom stereocenters. The number of rotatable bonds is 10. The Morgan fingerprint density at radius 1 is 0.683 bits per heavy atom. The number of carbonyl (C=O) groups is 4. The molecule has 0 radical (unpaired) electrons. The molecule has 1 aliphatic carbocycles. The van der Waals surface area contributed by atoms with Crippen LogP contribution in [0.4, 0.5) is 9.59 Å². The van der Waals surface area contributed by atoms with Crippen molar-refractivity contribution in [2.75, 3.05) is 27.3 Å². The Morgan fingerprint density at radius 2 is 1.21 bits per heavy atom. The fraction of sp³-hybridized carbons (Fsp3) is 0.347. The number of H-pyrrole nitrogens is 2. The van der Waals surface area contributed by atoms with Crippen molar-refractivity contribution in [3.05, 3.63) is 120 Å². The maximum Gasteiger partial charge on any atom is 0.407 e. The molecule has 0 saturated carbocycles. The highest BCUT2D eigenvalue weighted by molar-refractivity contribution is 5.93. The van der Waals surface area contributed by atoms with E-state index in [4.69, 9.17) is 19.4 Å². The van der Waals surface area contributed by atoms with Crippen LogP contribution in [0.2, 0.25) is 0 Å². The number of imidazole rings is 2. The zero-order valence-corrected chi connectivity index (χ0v) is 35.9. The molecule has 0 bridgehead atoms. The number of alkyl carbamates (subject to hydrolysis) is 2. The van der Waals surface area contributed by atoms with Crippen molar-refractivity contribution in [2.24, 2.45) is 5.92 Å². The Kier molecular flexibility index (Phi) is 11.2. The van der Waals surface area contributed by atoms with E-state index in [1.54, 1.807) is 0 Å². The van der Waals surface area contributed by atoms with Crippen molar-refractivity contribution in [1.82, 2.24) is 40.4 Å². The van der Waals surface area contributed by atoms with Crippen molar-refractivity contribution in [3.63, 3.8) is 0 Å². The maximum atomic E-state index is 14.4. The van der Waals surface area contributed by atoms with Crippen LogP contribution in [0.25, 0.3) is 44.4 Å². The molecule has 3 atom stereocenters. The van der Waals surface area contributed by atoms with Gasteiger partial charge in [-0.3, -0.25) is 9.59 Å². The molecule has 2 fully saturated rings. The molecule has 2 saturated heterocycles. The summed E-state index contributed by atoms with van der Waals surface area (Å²) in [5.74, 6) is 1.09. The molecule has 3 aliphatic rings. The van der Waals surface area contributed by atoms with Gasteiger partial charge in [-0.2, -0.15) is 0 Å². The summed E-state index contributed by atoms with van der Waals surface area (Å²) in [5, 5.41) is 7.82. The van der Waals surface area contributed by atoms with Crippen LogP contribution in [0.5, 0.6) is 0 Å². The van der Waals surface area contributed by atoms with Gasteiger partial charge < -0.3 is 39.9 Å². The standard InChI is InChI=1S/C49H52N8O6/c1-29(2)42(54-47(60)62-3)45(58)56-21-7-11-40(56)43-51-28-39(53-43)35-20-19-33-23-32(17-18-34(33)24-35)30-13-15-31(16-14-30)38-27-50-44(52-38)41-12-8-22-57(41)46(59)49(55-48(61)63-4)25-36-9-5-6-10-37(36)26-49/h5-6,9-10,13-20,23-24,27-29,40-42H,7-8,11-12,21-22,25-26H2,1-4H3,(H,50,52)(H,51,53)(H,54,60)(H,55,61). The van der Waals surface area contributed by atoms with Gasteiger partial charge in [-0.25, -0.2) is 19.6 Å². The van der Waals surface area contributed by atoms with E-state index in [0.717, 1.165) is 92.9 Å². The first-order valence-corrected chi connectivity index (χ1v) is 21.7. The van der Waals surface area contributed by atoms with Gasteiger partial charge >= 0.3 is 12.2 Å². The molecule has 324 valence electrons. The van der Waals surface area contributed by atoms with E-state index in [2.05, 4.69) is 81.3 Å². The molecule has 2 aromatic heterocycles. The Hall–Kier alpha value is -6.96. The molecule has 9 rings (SSSR count). The average Bonchev–Trinajstić information content (AvgIpc) is 4.16. The predicted octanol–water partition coefficient (Wildman–Crippen LogP) is 7.89. The highest BCUT2D eigenvalue weighted by Crippen LogP contribution is 2.39. The summed E-state index contributed by atoms with van der Waals surface area (Å²) >= 11 is 0. The Labute approximate surface area is 365 Å². The number of carbonyl (C=O) groups excluding carboxylic acids is 4. The minimum atomic E-state index is -1.12. The largest absolute Gasteiger partial charge is 0.453 e. The number of aromatic amines is 2. The molecule has 6 aromatic rings. The van der Waals surface area contributed by atoms with Gasteiger partial charge in [-0.1, -0.05) is 86.6 Å². The first-order valence-electron chi connectivity index (χ1n) is 21.7. The number of likely N-dealkylation sites (tertiary alicyclic amines) is 2. The maximum absolute atomic E-state index is 14.4. The zero-order chi connectivity index (χ0) is 43.8. The molecule has 4 aromatic carbocycles. The molecule has 4 N–H and O–H groups in total. The van der Waals surface area contributed by atoms with E-state index in [0.29, 0.717) is 25.9 Å². The minimum Gasteiger partial charge on any atom is -0.453 e. The molecule has 2 aliphatic heterocycles. The lowest BCUT2D eigenvalue weighted by atomic mass is 9.93. The van der Waals surface area contributed by atoms with Gasteiger partial charge in [0.15, 0.2) is 0 Å². The minimum absolute atomic E-state index is 0.108. The summed E-state index contributed by atoms with van der Waals surface area (Å²) in [7, 11) is 2.61. The van der Waals surface area contributed by atoms with Gasteiger partial charge in [-0.05, 0) is 82.3 Å². The number of ether oxygens (including phenoxy) is 2. The lowest BCUT2D eigenvalue weighted by molar-refractivity contribution is -0.139. The van der Waals surface area contributed by atoms with Crippen molar-refractivity contribution in [2.45, 2.75) is 76.0 Å². The monoisotopic (exact) mass is 848 g/mol. The summed E-state index contributed by atoms with van der Waals surface area (Å²) in [6.45, 7) is 4.98. The number of amides is 4. The molecule has 4 heterocycles. The first-order chi connectivity index (χ1) is 30.5. The number of hydrogen-bond acceptors (Lipinski definition) is 8. The molecule has 14 heteroatoms. The first kappa shape index (κ1) is 41.4. The second kappa shape index (κ2) is 17.1. The second-order valence-corrected chi connectivity index (χ2v) is 17.2. The van der Waals surface area contributed by atoms with Gasteiger partial charge in [0.25, 0.3) is 0 Å². The molecule has 63 heavy (non-hydrogen) atoms. The van der Waals surface area contributed by atoms with Gasteiger partial charge in [0.2, 0.25) is 11.8 Å². The quantitative estimate of drug-likeness (QED) is 0.108. The van der Waals surface area contributed by atoms with E-state index >= 15 is 0 Å². The van der Waals surface area contributed by atoms with E-state index in [-0.39, 0.29) is 29.8 Å². The fourth-order valence-corrected chi connectivity index (χ4v) is 9.66. The molecular weight excluding hydrogens is 797 g/mol. The van der Waals surface area contributed by atoms with Crippen LogP contribution in [0.3, 0.4) is 0 Å². The molecular formula is C49H52N8O6. The van der Waals surface area contributed by atoms with Gasteiger partial charge in [0.05, 0.1) is 50.1 Å². The topological polar surface area (TPSA) is 175 Å². The summed E-state index contributed by atoms with van der Waals surface area (Å²) in [5.41, 5.74) is 6.86. The highest BCUT2D eigenvalue weighted by atomic mass is 16.5. The lowest BCUT2D eigenvalue weighted by Gasteiger charge is -2.35. The predicted molar refractivity (Wildman–Crippen MR) is 238 cm³/mol. The van der Waals surface area contributed by atoms with E-state index < -0.39 is 23.8 Å². The number of benzene rings is 4. The number of methoxy groups -OCH3 is 2. The molecule has 0 spiro atoms. The number of nitrogens with one attached hydrogen (secondary N) is 4. The van der Waals surface area contributed by atoms with Crippen LogP contribution < -0.4 is 10.6 Å². The molecule has 4 amide bonds. The average molecular weight is 849 g/mol. The van der Waals surface area contributed by atoms with Gasteiger partial charge in [0.1, 0.15) is 23.2 Å². The third kappa shape index (κ3) is 8.01. The van der Waals surface area contributed by atoms with Crippen LogP contribution in [-0.2, 0) is 31.9 Å². The summed E-state index contributed by atoms with van der Waals surface area (Å²) < 4.78 is 9.74. The Balaban J connectivity index is 0.875. The van der Waals surface area contributed by atoms with Crippen LogP contribution in [0.15, 0.2) is 97.3 Å². The van der Waals surface area contributed by atoms with Gasteiger partial charge in [-0.15, -0.1) is 0 Å². The molecule has 14 nitrogen and oxygen atoms in total. The SMILES string of the molecule is COC(=O)NC(C(=O)N1CCCC1c1ncc(-c2ccc3cc(-c4ccc(-c5cnc(C6CCCN6C(=O)C6(NC(=O)OC)Cc7ccccc7C6)[nH]5)cc4)ccc3c2)[nH]1)C(C)C. The summed E-state index contributed by atoms with van der Waals surface area (Å²) in [6.07, 6.45) is 6.45.